The quantitative estimate of drug-likeness (QED) is 0.866. The van der Waals surface area contributed by atoms with Crippen molar-refractivity contribution in [3.63, 3.8) is 0 Å². The van der Waals surface area contributed by atoms with Crippen molar-refractivity contribution in [1.82, 2.24) is 5.32 Å². The molecule has 2 rings (SSSR count). The lowest BCUT2D eigenvalue weighted by Crippen LogP contribution is -2.24. The van der Waals surface area contributed by atoms with E-state index in [1.165, 1.54) is 0 Å². The third-order valence-electron chi connectivity index (χ3n) is 2.97. The molecule has 1 heterocycles. The highest BCUT2D eigenvalue weighted by Gasteiger charge is 2.26. The van der Waals surface area contributed by atoms with Gasteiger partial charge in [-0.1, -0.05) is 30.7 Å². The topological polar surface area (TPSA) is 47.3 Å². The third-order valence-corrected chi connectivity index (χ3v) is 3.28. The number of rotatable bonds is 4. The number of halogens is 1. The second-order valence-corrected chi connectivity index (χ2v) is 5.04. The Labute approximate surface area is 107 Å². The zero-order valence-corrected chi connectivity index (χ0v) is 10.6. The molecule has 0 amide bonds. The molecule has 17 heavy (non-hydrogen) atoms. The first-order valence-corrected chi connectivity index (χ1v) is 6.06. The van der Waals surface area contributed by atoms with Crippen molar-refractivity contribution in [3.8, 4) is 5.75 Å². The summed E-state index contributed by atoms with van der Waals surface area (Å²) in [5.41, 5.74) is 5.78. The van der Waals surface area contributed by atoms with Crippen LogP contribution >= 0.6 is 11.6 Å². The van der Waals surface area contributed by atoms with Crippen LogP contribution in [0.2, 0.25) is 5.02 Å². The van der Waals surface area contributed by atoms with Crippen LogP contribution in [0.25, 0.3) is 0 Å². The van der Waals surface area contributed by atoms with Gasteiger partial charge < -0.3 is 15.8 Å². The van der Waals surface area contributed by atoms with E-state index in [1.54, 1.807) is 0 Å². The van der Waals surface area contributed by atoms with Gasteiger partial charge in [-0.3, -0.25) is 0 Å². The zero-order valence-electron chi connectivity index (χ0n) is 9.87. The lowest BCUT2D eigenvalue weighted by atomic mass is 9.89. The Balaban J connectivity index is 1.86. The molecule has 0 saturated heterocycles. The molecule has 92 valence electrons. The van der Waals surface area contributed by atoms with Crippen LogP contribution in [0.3, 0.4) is 0 Å². The summed E-state index contributed by atoms with van der Waals surface area (Å²) in [6.07, 6.45) is 2.97. The van der Waals surface area contributed by atoms with Gasteiger partial charge in [0, 0.05) is 12.0 Å². The standard InChI is InChI=1S/C13H17ClN2O/c1-13(8-12(15)16-9-13)6-7-17-11-5-3-2-4-10(11)14/h2-5,8,16H,6-7,9,15H2,1H3. The molecule has 4 heteroatoms. The first-order chi connectivity index (χ1) is 8.09. The van der Waals surface area contributed by atoms with Crippen LogP contribution in [0, 0.1) is 5.41 Å². The van der Waals surface area contributed by atoms with Gasteiger partial charge in [0.05, 0.1) is 17.5 Å². The van der Waals surface area contributed by atoms with E-state index in [0.717, 1.165) is 24.5 Å². The minimum atomic E-state index is 0.0747. The number of hydrogen-bond acceptors (Lipinski definition) is 3. The maximum atomic E-state index is 6.01. The van der Waals surface area contributed by atoms with Crippen LogP contribution in [0.5, 0.6) is 5.75 Å². The van der Waals surface area contributed by atoms with Gasteiger partial charge >= 0.3 is 0 Å². The van der Waals surface area contributed by atoms with Crippen molar-refractivity contribution >= 4 is 11.6 Å². The lowest BCUT2D eigenvalue weighted by Gasteiger charge is -2.20. The van der Waals surface area contributed by atoms with Crippen molar-refractivity contribution < 1.29 is 4.74 Å². The average molecular weight is 253 g/mol. The molecule has 1 aliphatic rings. The van der Waals surface area contributed by atoms with Gasteiger partial charge in [0.1, 0.15) is 5.75 Å². The first kappa shape index (κ1) is 12.1. The summed E-state index contributed by atoms with van der Waals surface area (Å²) in [4.78, 5) is 0. The molecular formula is C13H17ClN2O. The number of hydrogen-bond donors (Lipinski definition) is 2. The predicted octanol–water partition coefficient (Wildman–Crippen LogP) is 2.52. The van der Waals surface area contributed by atoms with E-state index >= 15 is 0 Å². The molecule has 0 spiro atoms. The van der Waals surface area contributed by atoms with Gasteiger partial charge in [0.2, 0.25) is 0 Å². The molecule has 0 fully saturated rings. The third kappa shape index (κ3) is 3.07. The second kappa shape index (κ2) is 4.88. The van der Waals surface area contributed by atoms with Crippen LogP contribution in [0.4, 0.5) is 0 Å². The zero-order chi connectivity index (χ0) is 12.3. The molecule has 0 aromatic heterocycles. The highest BCUT2D eigenvalue weighted by Crippen LogP contribution is 2.29. The summed E-state index contributed by atoms with van der Waals surface area (Å²) < 4.78 is 5.67. The van der Waals surface area contributed by atoms with Crippen molar-refractivity contribution in [1.29, 1.82) is 0 Å². The van der Waals surface area contributed by atoms with E-state index in [2.05, 4.69) is 18.3 Å². The van der Waals surface area contributed by atoms with E-state index in [-0.39, 0.29) is 5.41 Å². The summed E-state index contributed by atoms with van der Waals surface area (Å²) in [6, 6.07) is 7.51. The largest absolute Gasteiger partial charge is 0.492 e. The molecule has 3 N–H and O–H groups in total. The Hall–Kier alpha value is -1.35. The van der Waals surface area contributed by atoms with Gasteiger partial charge in [0.25, 0.3) is 0 Å². The molecule has 0 saturated carbocycles. The van der Waals surface area contributed by atoms with Gasteiger partial charge in [-0.15, -0.1) is 0 Å². The molecule has 0 bridgehead atoms. The van der Waals surface area contributed by atoms with Gasteiger partial charge in [-0.25, -0.2) is 0 Å². The van der Waals surface area contributed by atoms with Gasteiger partial charge in [-0.05, 0) is 24.6 Å². The van der Waals surface area contributed by atoms with Crippen molar-refractivity contribution in [2.75, 3.05) is 13.2 Å². The Morgan fingerprint density at radius 2 is 2.24 bits per heavy atom. The van der Waals surface area contributed by atoms with Crippen molar-refractivity contribution in [3.05, 3.63) is 41.2 Å². The molecule has 0 aliphatic carbocycles. The highest BCUT2D eigenvalue weighted by molar-refractivity contribution is 6.32. The van der Waals surface area contributed by atoms with Gasteiger partial charge in [-0.2, -0.15) is 0 Å². The van der Waals surface area contributed by atoms with E-state index < -0.39 is 0 Å². The molecule has 1 aromatic rings. The monoisotopic (exact) mass is 252 g/mol. The predicted molar refractivity (Wildman–Crippen MR) is 69.9 cm³/mol. The van der Waals surface area contributed by atoms with E-state index in [9.17, 15) is 0 Å². The molecule has 1 aromatic carbocycles. The average Bonchev–Trinajstić information content (AvgIpc) is 2.62. The summed E-state index contributed by atoms with van der Waals surface area (Å²) in [5.74, 6) is 1.49. The molecular weight excluding hydrogens is 236 g/mol. The summed E-state index contributed by atoms with van der Waals surface area (Å²) in [7, 11) is 0. The Morgan fingerprint density at radius 1 is 1.47 bits per heavy atom. The molecule has 1 unspecified atom stereocenters. The van der Waals surface area contributed by atoms with Gasteiger partial charge in [0.15, 0.2) is 0 Å². The highest BCUT2D eigenvalue weighted by atomic mass is 35.5. The Kier molecular flexibility index (Phi) is 3.48. The fourth-order valence-corrected chi connectivity index (χ4v) is 2.09. The van der Waals surface area contributed by atoms with E-state index in [4.69, 9.17) is 22.1 Å². The van der Waals surface area contributed by atoms with Crippen LogP contribution in [-0.4, -0.2) is 13.2 Å². The minimum Gasteiger partial charge on any atom is -0.492 e. The minimum absolute atomic E-state index is 0.0747. The Bertz CT molecular complexity index is 433. The number of nitrogens with two attached hydrogens (primary N) is 1. The van der Waals surface area contributed by atoms with Crippen LogP contribution in [0.1, 0.15) is 13.3 Å². The SMILES string of the molecule is CC1(CCOc2ccccc2Cl)C=C(N)NC1. The van der Waals surface area contributed by atoms with E-state index in [0.29, 0.717) is 11.6 Å². The Morgan fingerprint density at radius 3 is 2.88 bits per heavy atom. The van der Waals surface area contributed by atoms with Crippen molar-refractivity contribution in [2.45, 2.75) is 13.3 Å². The fourth-order valence-electron chi connectivity index (χ4n) is 1.90. The van der Waals surface area contributed by atoms with Crippen LogP contribution in [-0.2, 0) is 0 Å². The smallest absolute Gasteiger partial charge is 0.137 e. The maximum absolute atomic E-state index is 6.01. The fraction of sp³-hybridized carbons (Fsp3) is 0.385. The normalized spacial score (nSPS) is 23.1. The molecule has 1 atom stereocenters. The van der Waals surface area contributed by atoms with Crippen LogP contribution < -0.4 is 15.8 Å². The van der Waals surface area contributed by atoms with Crippen LogP contribution in [0.15, 0.2) is 36.2 Å². The summed E-state index contributed by atoms with van der Waals surface area (Å²) >= 11 is 6.01. The second-order valence-electron chi connectivity index (χ2n) is 4.64. The number of para-hydroxylation sites is 1. The molecule has 1 aliphatic heterocycles. The summed E-state index contributed by atoms with van der Waals surface area (Å²) in [6.45, 7) is 3.66. The first-order valence-electron chi connectivity index (χ1n) is 5.69. The lowest BCUT2D eigenvalue weighted by molar-refractivity contribution is 0.254. The molecule has 0 radical (unpaired) electrons. The number of nitrogens with one attached hydrogen (secondary N) is 1. The number of benzene rings is 1. The van der Waals surface area contributed by atoms with E-state index in [1.807, 2.05) is 24.3 Å². The number of ether oxygens (including phenoxy) is 1. The molecule has 3 nitrogen and oxygen atoms in total. The summed E-state index contributed by atoms with van der Waals surface area (Å²) in [5, 5.41) is 3.78. The van der Waals surface area contributed by atoms with Crippen molar-refractivity contribution in [2.24, 2.45) is 11.1 Å². The maximum Gasteiger partial charge on any atom is 0.137 e.